The molecule has 0 spiro atoms. The van der Waals surface area contributed by atoms with Gasteiger partial charge in [-0.15, -0.1) is 0 Å². The number of anilines is 1. The van der Waals surface area contributed by atoms with Crippen molar-refractivity contribution >= 4 is 23.6 Å². The fourth-order valence-corrected chi connectivity index (χ4v) is 2.44. The van der Waals surface area contributed by atoms with Crippen LogP contribution in [0.2, 0.25) is 0 Å². The zero-order valence-electron chi connectivity index (χ0n) is 13.5. The molecule has 0 aliphatic carbocycles. The van der Waals surface area contributed by atoms with E-state index in [4.69, 9.17) is 4.74 Å². The molecule has 0 saturated carbocycles. The van der Waals surface area contributed by atoms with E-state index >= 15 is 0 Å². The lowest BCUT2D eigenvalue weighted by molar-refractivity contribution is -0.144. The maximum atomic E-state index is 11.9. The molecule has 2 heterocycles. The van der Waals surface area contributed by atoms with Gasteiger partial charge in [-0.05, 0) is 26.8 Å². The molecule has 0 saturated heterocycles. The highest BCUT2D eigenvalue weighted by molar-refractivity contribution is 5.97. The largest absolute Gasteiger partial charge is 0.466 e. The number of fused-ring (bicyclic) bond motifs is 1. The molecule has 3 amide bonds. The van der Waals surface area contributed by atoms with E-state index in [1.165, 1.54) is 0 Å². The van der Waals surface area contributed by atoms with Crippen LogP contribution in [0.5, 0.6) is 0 Å². The van der Waals surface area contributed by atoms with Crippen LogP contribution in [0.1, 0.15) is 43.7 Å². The topological polar surface area (TPSA) is 101 Å². The first-order valence-electron chi connectivity index (χ1n) is 7.64. The lowest BCUT2D eigenvalue weighted by Gasteiger charge is -2.25. The average Bonchev–Trinajstić information content (AvgIpc) is 2.86. The second-order valence-electron chi connectivity index (χ2n) is 5.65. The number of nitrogens with zero attached hydrogens (tertiary/aromatic N) is 1. The van der Waals surface area contributed by atoms with Crippen LogP contribution in [0, 0.1) is 0 Å². The van der Waals surface area contributed by atoms with Gasteiger partial charge >= 0.3 is 12.0 Å². The second-order valence-corrected chi connectivity index (χ2v) is 5.65. The molecule has 3 N–H and O–H groups in total. The number of carbonyl (C=O) groups is 3. The summed E-state index contributed by atoms with van der Waals surface area (Å²) in [5.41, 5.74) is 0.912. The second kappa shape index (κ2) is 7.17. The number of hydrogen-bond acceptors (Lipinski definition) is 4. The summed E-state index contributed by atoms with van der Waals surface area (Å²) in [5.74, 6) is -0.553. The van der Waals surface area contributed by atoms with Crippen molar-refractivity contribution in [2.24, 2.45) is 0 Å². The van der Waals surface area contributed by atoms with Crippen LogP contribution in [-0.4, -0.2) is 41.7 Å². The van der Waals surface area contributed by atoms with Gasteiger partial charge in [0.25, 0.3) is 5.91 Å². The van der Waals surface area contributed by atoms with Gasteiger partial charge in [0, 0.05) is 18.8 Å². The van der Waals surface area contributed by atoms with E-state index in [1.54, 1.807) is 23.8 Å². The molecule has 0 radical (unpaired) electrons. The molecular formula is C15H22N4O4. The summed E-state index contributed by atoms with van der Waals surface area (Å²) in [5, 5.41) is 8.13. The van der Waals surface area contributed by atoms with Gasteiger partial charge in [-0.2, -0.15) is 0 Å². The van der Waals surface area contributed by atoms with Crippen molar-refractivity contribution in [3.05, 3.63) is 18.0 Å². The van der Waals surface area contributed by atoms with Crippen molar-refractivity contribution in [1.82, 2.24) is 15.2 Å². The van der Waals surface area contributed by atoms with Crippen molar-refractivity contribution < 1.29 is 19.1 Å². The van der Waals surface area contributed by atoms with E-state index in [0.717, 1.165) is 0 Å². The normalized spacial score (nSPS) is 16.5. The SMILES string of the molecule is CCOC(=O)CC1CNC(=O)c2cc(NC(=O)NC(C)C)cn21. The van der Waals surface area contributed by atoms with Crippen molar-refractivity contribution in [2.45, 2.75) is 39.3 Å². The third-order valence-corrected chi connectivity index (χ3v) is 3.36. The Bertz CT molecular complexity index is 609. The molecule has 1 aromatic heterocycles. The highest BCUT2D eigenvalue weighted by Crippen LogP contribution is 2.24. The lowest BCUT2D eigenvalue weighted by Crippen LogP contribution is -2.39. The Morgan fingerprint density at radius 2 is 2.22 bits per heavy atom. The van der Waals surface area contributed by atoms with Crippen molar-refractivity contribution in [3.63, 3.8) is 0 Å². The van der Waals surface area contributed by atoms with E-state index in [-0.39, 0.29) is 36.4 Å². The molecule has 8 heteroatoms. The third kappa shape index (κ3) is 4.24. The summed E-state index contributed by atoms with van der Waals surface area (Å²) in [4.78, 5) is 35.4. The summed E-state index contributed by atoms with van der Waals surface area (Å²) in [7, 11) is 0. The van der Waals surface area contributed by atoms with Crippen LogP contribution in [-0.2, 0) is 9.53 Å². The van der Waals surface area contributed by atoms with Gasteiger partial charge in [-0.3, -0.25) is 9.59 Å². The highest BCUT2D eigenvalue weighted by atomic mass is 16.5. The van der Waals surface area contributed by atoms with E-state index in [2.05, 4.69) is 16.0 Å². The molecule has 1 aromatic rings. The van der Waals surface area contributed by atoms with Crippen LogP contribution >= 0.6 is 0 Å². The quantitative estimate of drug-likeness (QED) is 0.710. The van der Waals surface area contributed by atoms with Crippen LogP contribution in [0.4, 0.5) is 10.5 Å². The smallest absolute Gasteiger partial charge is 0.319 e. The first kappa shape index (κ1) is 16.9. The zero-order chi connectivity index (χ0) is 17.0. The van der Waals surface area contributed by atoms with Gasteiger partial charge in [0.2, 0.25) is 0 Å². The molecule has 0 fully saturated rings. The number of rotatable bonds is 5. The van der Waals surface area contributed by atoms with E-state index in [0.29, 0.717) is 24.5 Å². The van der Waals surface area contributed by atoms with Gasteiger partial charge in [-0.1, -0.05) is 0 Å². The standard InChI is InChI=1S/C15H22N4O4/c1-4-23-13(20)6-11-7-16-14(21)12-5-10(8-19(11)12)18-15(22)17-9(2)3/h5,8-9,11H,4,6-7H2,1-3H3,(H,16,21)(H2,17,18,22). The van der Waals surface area contributed by atoms with Crippen LogP contribution in [0.3, 0.4) is 0 Å². The summed E-state index contributed by atoms with van der Waals surface area (Å²) in [6, 6.07) is 1.02. The number of carbonyl (C=O) groups excluding carboxylic acids is 3. The Labute approximate surface area is 134 Å². The molecule has 126 valence electrons. The van der Waals surface area contributed by atoms with Gasteiger partial charge < -0.3 is 25.3 Å². The molecule has 1 aliphatic rings. The van der Waals surface area contributed by atoms with E-state index in [1.807, 2.05) is 13.8 Å². The third-order valence-electron chi connectivity index (χ3n) is 3.36. The number of amides is 3. The van der Waals surface area contributed by atoms with Gasteiger partial charge in [0.1, 0.15) is 5.69 Å². The highest BCUT2D eigenvalue weighted by Gasteiger charge is 2.28. The Balaban J connectivity index is 2.14. The predicted molar refractivity (Wildman–Crippen MR) is 84.3 cm³/mol. The fraction of sp³-hybridized carbons (Fsp3) is 0.533. The molecule has 8 nitrogen and oxygen atoms in total. The molecule has 1 unspecified atom stereocenters. The number of ether oxygens (including phenoxy) is 1. The molecule has 0 bridgehead atoms. The van der Waals surface area contributed by atoms with Gasteiger partial charge in [0.05, 0.1) is 24.8 Å². The van der Waals surface area contributed by atoms with Gasteiger partial charge in [-0.25, -0.2) is 4.79 Å². The van der Waals surface area contributed by atoms with Crippen molar-refractivity contribution in [2.75, 3.05) is 18.5 Å². The average molecular weight is 322 g/mol. The number of hydrogen-bond donors (Lipinski definition) is 3. The summed E-state index contributed by atoms with van der Waals surface area (Å²) >= 11 is 0. The van der Waals surface area contributed by atoms with Crippen molar-refractivity contribution in [3.8, 4) is 0 Å². The summed E-state index contributed by atoms with van der Waals surface area (Å²) in [6.07, 6.45) is 1.82. The number of nitrogens with one attached hydrogen (secondary N) is 3. The minimum Gasteiger partial charge on any atom is -0.466 e. The predicted octanol–water partition coefficient (Wildman–Crippen LogP) is 1.26. The maximum Gasteiger partial charge on any atom is 0.319 e. The number of urea groups is 1. The van der Waals surface area contributed by atoms with Crippen molar-refractivity contribution in [1.29, 1.82) is 0 Å². The first-order chi connectivity index (χ1) is 10.9. The lowest BCUT2D eigenvalue weighted by atomic mass is 10.1. The Morgan fingerprint density at radius 1 is 1.48 bits per heavy atom. The molecule has 23 heavy (non-hydrogen) atoms. The van der Waals surface area contributed by atoms with E-state index in [9.17, 15) is 14.4 Å². The molecular weight excluding hydrogens is 300 g/mol. The first-order valence-corrected chi connectivity index (χ1v) is 7.64. The van der Waals surface area contributed by atoms with Crippen LogP contribution < -0.4 is 16.0 Å². The fourth-order valence-electron chi connectivity index (χ4n) is 2.44. The minimum absolute atomic E-state index is 0.00657. The monoisotopic (exact) mass is 322 g/mol. The Hall–Kier alpha value is -2.51. The summed E-state index contributed by atoms with van der Waals surface area (Å²) < 4.78 is 6.67. The zero-order valence-corrected chi connectivity index (χ0v) is 13.5. The molecule has 1 atom stereocenters. The minimum atomic E-state index is -0.342. The maximum absolute atomic E-state index is 11.9. The van der Waals surface area contributed by atoms with E-state index < -0.39 is 0 Å². The number of aromatic nitrogens is 1. The Kier molecular flexibility index (Phi) is 5.25. The van der Waals surface area contributed by atoms with Gasteiger partial charge in [0.15, 0.2) is 0 Å². The van der Waals surface area contributed by atoms with Crippen LogP contribution in [0.25, 0.3) is 0 Å². The Morgan fingerprint density at radius 3 is 2.87 bits per heavy atom. The molecule has 1 aliphatic heterocycles. The van der Waals surface area contributed by atoms with Crippen LogP contribution in [0.15, 0.2) is 12.3 Å². The molecule has 0 aromatic carbocycles. The number of esters is 1. The summed E-state index contributed by atoms with van der Waals surface area (Å²) in [6.45, 7) is 6.12. The molecule has 2 rings (SSSR count).